The van der Waals surface area contributed by atoms with E-state index in [1.807, 2.05) is 56.4 Å². The van der Waals surface area contributed by atoms with Gasteiger partial charge in [0, 0.05) is 36.5 Å². The first-order chi connectivity index (χ1) is 12.1. The number of amides is 1. The van der Waals surface area contributed by atoms with Crippen molar-refractivity contribution in [3.8, 4) is 0 Å². The van der Waals surface area contributed by atoms with Gasteiger partial charge in [0.25, 0.3) is 5.91 Å². The molecule has 126 valence electrons. The number of aromatic nitrogens is 2. The Morgan fingerprint density at radius 1 is 1.00 bits per heavy atom. The molecule has 2 N–H and O–H groups in total. The predicted octanol–water partition coefficient (Wildman–Crippen LogP) is 3.96. The summed E-state index contributed by atoms with van der Waals surface area (Å²) < 4.78 is 0. The predicted molar refractivity (Wildman–Crippen MR) is 99.7 cm³/mol. The summed E-state index contributed by atoms with van der Waals surface area (Å²) in [6.07, 6.45) is 5.17. The van der Waals surface area contributed by atoms with E-state index in [-0.39, 0.29) is 5.91 Å². The van der Waals surface area contributed by atoms with Crippen molar-refractivity contribution in [3.05, 3.63) is 83.4 Å². The highest BCUT2D eigenvalue weighted by molar-refractivity contribution is 6.03. The van der Waals surface area contributed by atoms with Crippen molar-refractivity contribution in [2.24, 2.45) is 0 Å². The number of carbonyl (C=O) groups excluding carboxylic acids is 1. The zero-order valence-electron chi connectivity index (χ0n) is 14.3. The zero-order valence-corrected chi connectivity index (χ0v) is 14.3. The van der Waals surface area contributed by atoms with E-state index in [1.54, 1.807) is 18.5 Å². The Morgan fingerprint density at radius 3 is 2.64 bits per heavy atom. The first-order valence-electron chi connectivity index (χ1n) is 8.09. The Labute approximate surface area is 147 Å². The number of benzene rings is 1. The SMILES string of the molecule is Cc1ccc(NC(=O)c2cc(NCc3cccnc3)ccn2)cc1C. The van der Waals surface area contributed by atoms with E-state index in [1.165, 1.54) is 5.56 Å². The lowest BCUT2D eigenvalue weighted by molar-refractivity contribution is 0.102. The van der Waals surface area contributed by atoms with Crippen molar-refractivity contribution in [3.63, 3.8) is 0 Å². The summed E-state index contributed by atoms with van der Waals surface area (Å²) in [4.78, 5) is 20.7. The van der Waals surface area contributed by atoms with Gasteiger partial charge in [-0.05, 0) is 60.9 Å². The van der Waals surface area contributed by atoms with Crippen LogP contribution in [0.5, 0.6) is 0 Å². The maximum Gasteiger partial charge on any atom is 0.274 e. The normalized spacial score (nSPS) is 10.3. The van der Waals surface area contributed by atoms with Gasteiger partial charge in [0.05, 0.1) is 0 Å². The molecule has 0 saturated heterocycles. The molecule has 2 heterocycles. The van der Waals surface area contributed by atoms with E-state index in [2.05, 4.69) is 20.6 Å². The molecule has 5 nitrogen and oxygen atoms in total. The van der Waals surface area contributed by atoms with Gasteiger partial charge in [0.1, 0.15) is 5.69 Å². The van der Waals surface area contributed by atoms with Crippen LogP contribution < -0.4 is 10.6 Å². The number of nitrogens with one attached hydrogen (secondary N) is 2. The van der Waals surface area contributed by atoms with E-state index < -0.39 is 0 Å². The van der Waals surface area contributed by atoms with Crippen molar-refractivity contribution in [1.29, 1.82) is 0 Å². The molecule has 25 heavy (non-hydrogen) atoms. The molecule has 0 unspecified atom stereocenters. The van der Waals surface area contributed by atoms with Crippen LogP contribution in [0.25, 0.3) is 0 Å². The molecule has 0 atom stereocenters. The van der Waals surface area contributed by atoms with Crippen LogP contribution in [0.15, 0.2) is 61.1 Å². The number of rotatable bonds is 5. The van der Waals surface area contributed by atoms with E-state index in [0.29, 0.717) is 12.2 Å². The highest BCUT2D eigenvalue weighted by Crippen LogP contribution is 2.16. The van der Waals surface area contributed by atoms with Gasteiger partial charge in [-0.2, -0.15) is 0 Å². The van der Waals surface area contributed by atoms with Crippen LogP contribution in [0.2, 0.25) is 0 Å². The number of pyridine rings is 2. The Hall–Kier alpha value is -3.21. The average Bonchev–Trinajstić information content (AvgIpc) is 2.64. The van der Waals surface area contributed by atoms with Crippen LogP contribution in [-0.4, -0.2) is 15.9 Å². The van der Waals surface area contributed by atoms with E-state index >= 15 is 0 Å². The lowest BCUT2D eigenvalue weighted by Crippen LogP contribution is -2.14. The largest absolute Gasteiger partial charge is 0.381 e. The lowest BCUT2D eigenvalue weighted by atomic mass is 10.1. The smallest absolute Gasteiger partial charge is 0.274 e. The molecule has 0 spiro atoms. The monoisotopic (exact) mass is 332 g/mol. The summed E-state index contributed by atoms with van der Waals surface area (Å²) in [5.74, 6) is -0.228. The van der Waals surface area contributed by atoms with Crippen LogP contribution in [0, 0.1) is 13.8 Å². The molecular formula is C20H20N4O. The summed E-state index contributed by atoms with van der Waals surface area (Å²) in [6, 6.07) is 13.3. The summed E-state index contributed by atoms with van der Waals surface area (Å²) in [5.41, 5.74) is 5.37. The second-order valence-electron chi connectivity index (χ2n) is 5.90. The average molecular weight is 332 g/mol. The summed E-state index contributed by atoms with van der Waals surface area (Å²) >= 11 is 0. The zero-order chi connectivity index (χ0) is 17.6. The Balaban J connectivity index is 1.67. The fourth-order valence-electron chi connectivity index (χ4n) is 2.39. The minimum absolute atomic E-state index is 0.228. The van der Waals surface area contributed by atoms with Gasteiger partial charge in [0.2, 0.25) is 0 Å². The van der Waals surface area contributed by atoms with Crippen LogP contribution in [-0.2, 0) is 6.54 Å². The van der Waals surface area contributed by atoms with Gasteiger partial charge in [-0.3, -0.25) is 14.8 Å². The molecule has 0 aliphatic carbocycles. The topological polar surface area (TPSA) is 66.9 Å². The number of anilines is 2. The van der Waals surface area contributed by atoms with Crippen LogP contribution in [0.1, 0.15) is 27.2 Å². The van der Waals surface area contributed by atoms with Gasteiger partial charge in [0.15, 0.2) is 0 Å². The molecule has 0 fully saturated rings. The maximum absolute atomic E-state index is 12.4. The maximum atomic E-state index is 12.4. The Kier molecular flexibility index (Phi) is 5.04. The molecule has 1 aromatic carbocycles. The number of nitrogens with zero attached hydrogens (tertiary/aromatic N) is 2. The van der Waals surface area contributed by atoms with Gasteiger partial charge in [-0.25, -0.2) is 0 Å². The molecule has 0 aliphatic rings. The van der Waals surface area contributed by atoms with Crippen LogP contribution >= 0.6 is 0 Å². The summed E-state index contributed by atoms with van der Waals surface area (Å²) in [7, 11) is 0. The molecule has 3 rings (SSSR count). The van der Waals surface area contributed by atoms with E-state index in [4.69, 9.17) is 0 Å². The second kappa shape index (κ2) is 7.57. The molecule has 2 aromatic heterocycles. The highest BCUT2D eigenvalue weighted by atomic mass is 16.1. The minimum Gasteiger partial charge on any atom is -0.381 e. The van der Waals surface area contributed by atoms with Crippen molar-refractivity contribution in [2.45, 2.75) is 20.4 Å². The third-order valence-electron chi connectivity index (χ3n) is 3.98. The number of hydrogen-bond donors (Lipinski definition) is 2. The second-order valence-corrected chi connectivity index (χ2v) is 5.90. The highest BCUT2D eigenvalue weighted by Gasteiger charge is 2.09. The number of carbonyl (C=O) groups is 1. The van der Waals surface area contributed by atoms with Gasteiger partial charge in [-0.1, -0.05) is 12.1 Å². The summed E-state index contributed by atoms with van der Waals surface area (Å²) in [6.45, 7) is 4.70. The van der Waals surface area contributed by atoms with Crippen molar-refractivity contribution in [2.75, 3.05) is 10.6 Å². The fourth-order valence-corrected chi connectivity index (χ4v) is 2.39. The molecule has 3 aromatic rings. The minimum atomic E-state index is -0.228. The number of aryl methyl sites for hydroxylation is 2. The molecule has 5 heteroatoms. The first kappa shape index (κ1) is 16.6. The standard InChI is InChI=1S/C20H20N4O/c1-14-5-6-18(10-15(14)2)24-20(25)19-11-17(7-9-22-19)23-13-16-4-3-8-21-12-16/h3-12H,13H2,1-2H3,(H,22,23)(H,24,25). The summed E-state index contributed by atoms with van der Waals surface area (Å²) in [5, 5.41) is 6.16. The fraction of sp³-hybridized carbons (Fsp3) is 0.150. The van der Waals surface area contributed by atoms with Gasteiger partial charge < -0.3 is 10.6 Å². The molecule has 1 amide bonds. The molecule has 0 aliphatic heterocycles. The third-order valence-corrected chi connectivity index (χ3v) is 3.98. The van der Waals surface area contributed by atoms with Gasteiger partial charge in [-0.15, -0.1) is 0 Å². The molecule has 0 radical (unpaired) electrons. The van der Waals surface area contributed by atoms with E-state index in [9.17, 15) is 4.79 Å². The Morgan fingerprint density at radius 2 is 1.88 bits per heavy atom. The third kappa shape index (κ3) is 4.41. The lowest BCUT2D eigenvalue weighted by Gasteiger charge is -2.09. The molecule has 0 bridgehead atoms. The molecular weight excluding hydrogens is 312 g/mol. The van der Waals surface area contributed by atoms with E-state index in [0.717, 1.165) is 22.5 Å². The quantitative estimate of drug-likeness (QED) is 0.742. The number of hydrogen-bond acceptors (Lipinski definition) is 4. The van der Waals surface area contributed by atoms with Crippen LogP contribution in [0.4, 0.5) is 11.4 Å². The van der Waals surface area contributed by atoms with Crippen LogP contribution in [0.3, 0.4) is 0 Å². The first-order valence-corrected chi connectivity index (χ1v) is 8.09. The van der Waals surface area contributed by atoms with Crippen molar-refractivity contribution < 1.29 is 4.79 Å². The molecule has 0 saturated carbocycles. The van der Waals surface area contributed by atoms with Gasteiger partial charge >= 0.3 is 0 Å². The van der Waals surface area contributed by atoms with Crippen molar-refractivity contribution >= 4 is 17.3 Å². The van der Waals surface area contributed by atoms with Crippen molar-refractivity contribution in [1.82, 2.24) is 9.97 Å². The Bertz CT molecular complexity index is 878.